The number of anilines is 3. The molecule has 2 aliphatic carbocycles. The van der Waals surface area contributed by atoms with Crippen LogP contribution in [-0.2, 0) is 30.4 Å². The molecule has 0 amide bonds. The van der Waals surface area contributed by atoms with Crippen LogP contribution in [0.4, 0.5) is 17.6 Å². The van der Waals surface area contributed by atoms with E-state index in [4.69, 9.17) is 10.5 Å². The Balaban J connectivity index is 0.984. The molecule has 2 atom stereocenters. The van der Waals surface area contributed by atoms with Crippen molar-refractivity contribution in [3.63, 3.8) is 0 Å². The van der Waals surface area contributed by atoms with Gasteiger partial charge in [0.25, 0.3) is 0 Å². The molecule has 2 unspecified atom stereocenters. The van der Waals surface area contributed by atoms with Gasteiger partial charge in [-0.15, -0.1) is 15.3 Å². The molecule has 0 bridgehead atoms. The summed E-state index contributed by atoms with van der Waals surface area (Å²) in [6, 6.07) is 17.8. The van der Waals surface area contributed by atoms with Crippen LogP contribution in [0.15, 0.2) is 48.5 Å². The third-order valence-electron chi connectivity index (χ3n) is 9.66. The molecule has 210 valence electrons. The molecular formula is C32H36N8O. The minimum absolute atomic E-state index is 0.171. The number of nitrogens with two attached hydrogens (primary N) is 1. The summed E-state index contributed by atoms with van der Waals surface area (Å²) in [6.45, 7) is 3.22. The van der Waals surface area contributed by atoms with E-state index >= 15 is 0 Å². The van der Waals surface area contributed by atoms with Crippen molar-refractivity contribution in [2.75, 3.05) is 30.7 Å². The second-order valence-corrected chi connectivity index (χ2v) is 12.1. The summed E-state index contributed by atoms with van der Waals surface area (Å²) in [5.41, 5.74) is 14.9. The first-order chi connectivity index (χ1) is 20.1. The zero-order chi connectivity index (χ0) is 27.4. The summed E-state index contributed by atoms with van der Waals surface area (Å²) in [7, 11) is 0. The summed E-state index contributed by atoms with van der Waals surface area (Å²) >= 11 is 0. The van der Waals surface area contributed by atoms with Crippen LogP contribution in [0, 0.1) is 0 Å². The molecule has 4 aliphatic rings. The van der Waals surface area contributed by atoms with Gasteiger partial charge in [-0.1, -0.05) is 30.3 Å². The molecule has 2 aromatic heterocycles. The lowest BCUT2D eigenvalue weighted by atomic mass is 9.94. The lowest BCUT2D eigenvalue weighted by Crippen LogP contribution is -2.47. The number of likely N-dealkylation sites (tertiary alicyclic amines) is 1. The van der Waals surface area contributed by atoms with Crippen LogP contribution in [0.25, 0.3) is 17.1 Å². The zero-order valence-electron chi connectivity index (χ0n) is 23.4. The minimum atomic E-state index is 0.171. The van der Waals surface area contributed by atoms with E-state index in [1.165, 1.54) is 54.5 Å². The highest BCUT2D eigenvalue weighted by atomic mass is 16.5. The van der Waals surface area contributed by atoms with E-state index in [-0.39, 0.29) is 11.5 Å². The maximum Gasteiger partial charge on any atom is 0.248 e. The smallest absolute Gasteiger partial charge is 0.248 e. The van der Waals surface area contributed by atoms with E-state index in [1.54, 1.807) is 4.68 Å². The topological polar surface area (TPSA) is 107 Å². The summed E-state index contributed by atoms with van der Waals surface area (Å²) in [5, 5.41) is 17.2. The quantitative estimate of drug-likeness (QED) is 0.355. The standard InChI is InChI=1S/C32H36N8O/c33-30-35-31(38-40(30)28-19-24-6-3-5-22-4-1-2-7-27(22)29(24)37-36-28)34-25-11-8-21-9-12-26(13-10-23(21)18-25)39-16-14-32(20-39)15-17-41-32/h1-2,4,7-8,11,18-19,26H,3,5-6,9-10,12-17,20H2,(H3,33,34,35,38). The number of aromatic nitrogens is 5. The molecule has 2 saturated heterocycles. The average Bonchev–Trinajstić information content (AvgIpc) is 3.45. The molecule has 41 heavy (non-hydrogen) atoms. The van der Waals surface area contributed by atoms with Gasteiger partial charge in [0.05, 0.1) is 17.9 Å². The summed E-state index contributed by atoms with van der Waals surface area (Å²) < 4.78 is 7.54. The number of fused-ring (bicyclic) bond motifs is 4. The van der Waals surface area contributed by atoms with Crippen LogP contribution in [0.5, 0.6) is 0 Å². The Labute approximate surface area is 240 Å². The van der Waals surface area contributed by atoms with E-state index in [9.17, 15) is 0 Å². The number of aryl methyl sites for hydroxylation is 4. The van der Waals surface area contributed by atoms with E-state index in [2.05, 4.69) is 79.0 Å². The van der Waals surface area contributed by atoms with Crippen molar-refractivity contribution < 1.29 is 4.74 Å². The molecule has 2 fully saturated rings. The van der Waals surface area contributed by atoms with Gasteiger partial charge >= 0.3 is 0 Å². The Hall–Kier alpha value is -3.82. The first-order valence-corrected chi connectivity index (χ1v) is 15.1. The Morgan fingerprint density at radius 2 is 1.76 bits per heavy atom. The monoisotopic (exact) mass is 548 g/mol. The third-order valence-corrected chi connectivity index (χ3v) is 9.66. The Morgan fingerprint density at radius 1 is 0.902 bits per heavy atom. The average molecular weight is 549 g/mol. The van der Waals surface area contributed by atoms with Crippen molar-refractivity contribution in [2.24, 2.45) is 0 Å². The normalized spacial score (nSPS) is 23.7. The van der Waals surface area contributed by atoms with Crippen LogP contribution < -0.4 is 11.1 Å². The van der Waals surface area contributed by atoms with Gasteiger partial charge in [-0.25, -0.2) is 0 Å². The van der Waals surface area contributed by atoms with Gasteiger partial charge in [0, 0.05) is 36.8 Å². The van der Waals surface area contributed by atoms with E-state index in [0.717, 1.165) is 62.2 Å². The number of hydrogen-bond acceptors (Lipinski definition) is 8. The predicted octanol–water partition coefficient (Wildman–Crippen LogP) is 4.65. The molecule has 0 saturated carbocycles. The molecular weight excluding hydrogens is 512 g/mol. The maximum absolute atomic E-state index is 6.32. The second-order valence-electron chi connectivity index (χ2n) is 12.1. The maximum atomic E-state index is 6.32. The summed E-state index contributed by atoms with van der Waals surface area (Å²) in [4.78, 5) is 7.19. The number of ether oxygens (including phenoxy) is 1. The van der Waals surface area contributed by atoms with Crippen LogP contribution in [-0.4, -0.2) is 61.2 Å². The molecule has 3 N–H and O–H groups in total. The fourth-order valence-electron chi connectivity index (χ4n) is 7.29. The largest absolute Gasteiger partial charge is 0.373 e. The minimum Gasteiger partial charge on any atom is -0.373 e. The number of hydrogen-bond donors (Lipinski definition) is 2. The number of nitrogen functional groups attached to an aromatic ring is 1. The fraction of sp³-hybridized carbons (Fsp3) is 0.438. The van der Waals surface area contributed by atoms with E-state index < -0.39 is 0 Å². The first kappa shape index (κ1) is 24.9. The summed E-state index contributed by atoms with van der Waals surface area (Å²) in [6.07, 6.45) is 10.1. The third kappa shape index (κ3) is 4.57. The van der Waals surface area contributed by atoms with Gasteiger partial charge < -0.3 is 15.8 Å². The molecule has 1 spiro atoms. The van der Waals surface area contributed by atoms with Gasteiger partial charge in [0.2, 0.25) is 11.9 Å². The van der Waals surface area contributed by atoms with Gasteiger partial charge in [0.1, 0.15) is 0 Å². The molecule has 9 nitrogen and oxygen atoms in total. The van der Waals surface area contributed by atoms with Crippen LogP contribution in [0.3, 0.4) is 0 Å². The lowest BCUT2D eigenvalue weighted by Gasteiger charge is -2.39. The van der Waals surface area contributed by atoms with Crippen LogP contribution >= 0.6 is 0 Å². The number of nitrogens with one attached hydrogen (secondary N) is 1. The number of nitrogens with zero attached hydrogens (tertiary/aromatic N) is 6. The van der Waals surface area contributed by atoms with Gasteiger partial charge in [-0.3, -0.25) is 4.90 Å². The number of rotatable bonds is 4. The van der Waals surface area contributed by atoms with Crippen molar-refractivity contribution in [1.82, 2.24) is 29.9 Å². The molecule has 2 aromatic carbocycles. The predicted molar refractivity (Wildman–Crippen MR) is 158 cm³/mol. The lowest BCUT2D eigenvalue weighted by molar-refractivity contribution is -0.138. The van der Waals surface area contributed by atoms with Crippen molar-refractivity contribution in [1.29, 1.82) is 0 Å². The highest BCUT2D eigenvalue weighted by molar-refractivity contribution is 5.68. The first-order valence-electron chi connectivity index (χ1n) is 15.1. The number of benzene rings is 2. The van der Waals surface area contributed by atoms with Crippen molar-refractivity contribution in [3.8, 4) is 17.1 Å². The van der Waals surface area contributed by atoms with Crippen LogP contribution in [0.1, 0.15) is 54.4 Å². The molecule has 8 rings (SSSR count). The second kappa shape index (κ2) is 9.92. The molecule has 2 aliphatic heterocycles. The molecule has 0 radical (unpaired) electrons. The molecule has 4 aromatic rings. The van der Waals surface area contributed by atoms with Gasteiger partial charge in [-0.05, 0) is 91.8 Å². The summed E-state index contributed by atoms with van der Waals surface area (Å²) in [5.74, 6) is 1.33. The Bertz CT molecular complexity index is 1610. The molecule has 4 heterocycles. The SMILES string of the molecule is Nc1nc(Nc2ccc3c(c2)CCC(N2CCC4(CCO4)C2)CC3)nn1-c1cc2c(nn1)-c1ccccc1CCC2. The van der Waals surface area contributed by atoms with Gasteiger partial charge in [-0.2, -0.15) is 9.67 Å². The fourth-order valence-corrected chi connectivity index (χ4v) is 7.29. The molecule has 9 heteroatoms. The van der Waals surface area contributed by atoms with Crippen LogP contribution in [0.2, 0.25) is 0 Å². The Morgan fingerprint density at radius 3 is 2.61 bits per heavy atom. The van der Waals surface area contributed by atoms with Gasteiger partial charge in [0.15, 0.2) is 5.82 Å². The van der Waals surface area contributed by atoms with E-state index in [0.29, 0.717) is 17.8 Å². The Kier molecular flexibility index (Phi) is 6.03. The van der Waals surface area contributed by atoms with Crippen molar-refractivity contribution in [2.45, 2.75) is 69.4 Å². The zero-order valence-corrected chi connectivity index (χ0v) is 23.4. The highest BCUT2D eigenvalue weighted by Crippen LogP contribution is 2.38. The van der Waals surface area contributed by atoms with E-state index in [1.807, 2.05) is 0 Å². The highest BCUT2D eigenvalue weighted by Gasteiger charge is 2.45. The van der Waals surface area contributed by atoms with Crippen molar-refractivity contribution in [3.05, 3.63) is 70.8 Å². The van der Waals surface area contributed by atoms with Crippen molar-refractivity contribution >= 4 is 17.6 Å².